The first-order valence-corrected chi connectivity index (χ1v) is 8.58. The summed E-state index contributed by atoms with van der Waals surface area (Å²) in [4.78, 5) is 15.2. The molecule has 0 unspecified atom stereocenters. The number of thiophene rings is 1. The Kier molecular flexibility index (Phi) is 4.80. The average molecular weight is 354 g/mol. The number of para-hydroxylation sites is 1. The summed E-state index contributed by atoms with van der Waals surface area (Å²) in [5.41, 5.74) is -1.03. The molecular weight excluding hydrogens is 337 g/mol. The number of amides is 2. The van der Waals surface area contributed by atoms with Crippen molar-refractivity contribution >= 4 is 23.1 Å². The minimum atomic E-state index is -4.49. The Hall–Kier alpha value is -2.02. The predicted molar refractivity (Wildman–Crippen MR) is 88.3 cm³/mol. The third-order valence-electron chi connectivity index (χ3n) is 4.20. The number of likely N-dealkylation sites (tertiary alicyclic amines) is 1. The Morgan fingerprint density at radius 2 is 1.83 bits per heavy atom. The number of nitrogens with zero attached hydrogens (tertiary/aromatic N) is 1. The van der Waals surface area contributed by atoms with Gasteiger partial charge in [0, 0.05) is 18.0 Å². The molecule has 0 saturated carbocycles. The van der Waals surface area contributed by atoms with Crippen molar-refractivity contribution in [2.75, 3.05) is 18.4 Å². The van der Waals surface area contributed by atoms with E-state index in [1.54, 1.807) is 16.2 Å². The molecule has 3 nitrogen and oxygen atoms in total. The number of nitrogens with one attached hydrogen (secondary N) is 1. The Morgan fingerprint density at radius 1 is 1.12 bits per heavy atom. The lowest BCUT2D eigenvalue weighted by atomic mass is 9.95. The van der Waals surface area contributed by atoms with Crippen LogP contribution in [0.5, 0.6) is 0 Å². The van der Waals surface area contributed by atoms with Crippen LogP contribution in [0.1, 0.15) is 29.2 Å². The fourth-order valence-electron chi connectivity index (χ4n) is 2.92. The molecule has 24 heavy (non-hydrogen) atoms. The zero-order valence-corrected chi connectivity index (χ0v) is 13.7. The second-order valence-corrected chi connectivity index (χ2v) is 6.73. The van der Waals surface area contributed by atoms with Gasteiger partial charge in [-0.1, -0.05) is 18.2 Å². The maximum atomic E-state index is 13.0. The number of urea groups is 1. The quantitative estimate of drug-likeness (QED) is 0.792. The van der Waals surface area contributed by atoms with Crippen molar-refractivity contribution in [2.24, 2.45) is 0 Å². The SMILES string of the molecule is O=C(Nc1ccccc1C(F)(F)F)N1CCC(c2cccs2)CC1. The molecule has 1 aliphatic rings. The minimum Gasteiger partial charge on any atom is -0.324 e. The van der Waals surface area contributed by atoms with Gasteiger partial charge in [0.2, 0.25) is 0 Å². The number of anilines is 1. The Balaban J connectivity index is 1.63. The molecule has 1 saturated heterocycles. The number of benzene rings is 1. The molecule has 1 aromatic heterocycles. The molecule has 7 heteroatoms. The second-order valence-electron chi connectivity index (χ2n) is 5.75. The molecule has 3 rings (SSSR count). The van der Waals surface area contributed by atoms with Crippen molar-refractivity contribution in [1.82, 2.24) is 4.90 Å². The summed E-state index contributed by atoms with van der Waals surface area (Å²) in [6, 6.07) is 8.66. The molecule has 0 spiro atoms. The van der Waals surface area contributed by atoms with Gasteiger partial charge in [-0.15, -0.1) is 11.3 Å². The van der Waals surface area contributed by atoms with E-state index in [2.05, 4.69) is 11.4 Å². The first-order chi connectivity index (χ1) is 11.4. The van der Waals surface area contributed by atoms with E-state index in [4.69, 9.17) is 0 Å². The molecule has 128 valence electrons. The second kappa shape index (κ2) is 6.84. The van der Waals surface area contributed by atoms with E-state index in [0.29, 0.717) is 19.0 Å². The van der Waals surface area contributed by atoms with E-state index in [-0.39, 0.29) is 5.69 Å². The first-order valence-electron chi connectivity index (χ1n) is 7.70. The highest BCUT2D eigenvalue weighted by molar-refractivity contribution is 7.10. The van der Waals surface area contributed by atoms with Gasteiger partial charge in [-0.05, 0) is 42.3 Å². The fourth-order valence-corrected chi connectivity index (χ4v) is 3.82. The van der Waals surface area contributed by atoms with Crippen LogP contribution in [0.4, 0.5) is 23.7 Å². The number of halogens is 3. The van der Waals surface area contributed by atoms with Crippen LogP contribution in [0.15, 0.2) is 41.8 Å². The molecule has 1 aromatic carbocycles. The number of rotatable bonds is 2. The van der Waals surface area contributed by atoms with Crippen LogP contribution in [0.2, 0.25) is 0 Å². The largest absolute Gasteiger partial charge is 0.418 e. The van der Waals surface area contributed by atoms with Crippen molar-refractivity contribution in [1.29, 1.82) is 0 Å². The summed E-state index contributed by atoms with van der Waals surface area (Å²) in [5.74, 6) is 0.427. The monoisotopic (exact) mass is 354 g/mol. The van der Waals surface area contributed by atoms with Gasteiger partial charge in [-0.3, -0.25) is 0 Å². The van der Waals surface area contributed by atoms with Gasteiger partial charge in [0.15, 0.2) is 0 Å². The summed E-state index contributed by atoms with van der Waals surface area (Å²) >= 11 is 1.70. The van der Waals surface area contributed by atoms with Crippen LogP contribution in [-0.4, -0.2) is 24.0 Å². The highest BCUT2D eigenvalue weighted by Gasteiger charge is 2.34. The summed E-state index contributed by atoms with van der Waals surface area (Å²) < 4.78 is 39.0. The van der Waals surface area contributed by atoms with Gasteiger partial charge >= 0.3 is 12.2 Å². The van der Waals surface area contributed by atoms with E-state index in [1.165, 1.54) is 23.1 Å². The molecule has 2 aromatic rings. The van der Waals surface area contributed by atoms with Gasteiger partial charge in [-0.2, -0.15) is 13.2 Å². The summed E-state index contributed by atoms with van der Waals surface area (Å²) in [5, 5.41) is 4.44. The lowest BCUT2D eigenvalue weighted by Gasteiger charge is -2.31. The van der Waals surface area contributed by atoms with Crippen LogP contribution in [0.3, 0.4) is 0 Å². The number of hydrogen-bond donors (Lipinski definition) is 1. The molecule has 0 bridgehead atoms. The van der Waals surface area contributed by atoms with E-state index >= 15 is 0 Å². The predicted octanol–water partition coefficient (Wildman–Crippen LogP) is 5.18. The topological polar surface area (TPSA) is 32.3 Å². The van der Waals surface area contributed by atoms with Crippen LogP contribution in [-0.2, 0) is 6.18 Å². The average Bonchev–Trinajstić information content (AvgIpc) is 3.09. The van der Waals surface area contributed by atoms with E-state index in [0.717, 1.165) is 18.9 Å². The molecule has 0 radical (unpaired) electrons. The fraction of sp³-hybridized carbons (Fsp3) is 0.353. The van der Waals surface area contributed by atoms with E-state index in [9.17, 15) is 18.0 Å². The smallest absolute Gasteiger partial charge is 0.324 e. The van der Waals surface area contributed by atoms with Gasteiger partial charge in [0.05, 0.1) is 11.3 Å². The van der Waals surface area contributed by atoms with Crippen molar-refractivity contribution < 1.29 is 18.0 Å². The zero-order chi connectivity index (χ0) is 17.2. The van der Waals surface area contributed by atoms with Gasteiger partial charge in [0.25, 0.3) is 0 Å². The first kappa shape index (κ1) is 16.8. The molecular formula is C17H17F3N2OS. The Bertz CT molecular complexity index is 692. The van der Waals surface area contributed by atoms with Crippen molar-refractivity contribution in [2.45, 2.75) is 24.9 Å². The summed E-state index contributed by atoms with van der Waals surface area (Å²) in [6.07, 6.45) is -2.83. The number of alkyl halides is 3. The number of hydrogen-bond acceptors (Lipinski definition) is 2. The van der Waals surface area contributed by atoms with Gasteiger partial charge in [-0.25, -0.2) is 4.79 Å². The number of carbonyl (C=O) groups excluding carboxylic acids is 1. The third kappa shape index (κ3) is 3.72. The molecule has 1 fully saturated rings. The van der Waals surface area contributed by atoms with Crippen molar-refractivity contribution in [3.63, 3.8) is 0 Å². The lowest BCUT2D eigenvalue weighted by Crippen LogP contribution is -2.40. The maximum Gasteiger partial charge on any atom is 0.418 e. The van der Waals surface area contributed by atoms with E-state index in [1.807, 2.05) is 11.4 Å². The number of piperidine rings is 1. The third-order valence-corrected chi connectivity index (χ3v) is 5.24. The van der Waals surface area contributed by atoms with E-state index < -0.39 is 17.8 Å². The highest BCUT2D eigenvalue weighted by Crippen LogP contribution is 2.35. The molecule has 2 amide bonds. The Morgan fingerprint density at radius 3 is 2.46 bits per heavy atom. The van der Waals surface area contributed by atoms with Crippen molar-refractivity contribution in [3.05, 3.63) is 52.2 Å². The zero-order valence-electron chi connectivity index (χ0n) is 12.8. The van der Waals surface area contributed by atoms with Gasteiger partial charge in [0.1, 0.15) is 0 Å². The minimum absolute atomic E-state index is 0.199. The Labute approximate surface area is 142 Å². The molecule has 1 aliphatic heterocycles. The van der Waals surface area contributed by atoms with Gasteiger partial charge < -0.3 is 10.2 Å². The number of carbonyl (C=O) groups is 1. The van der Waals surface area contributed by atoms with Crippen LogP contribution in [0, 0.1) is 0 Å². The molecule has 2 heterocycles. The molecule has 0 atom stereocenters. The van der Waals surface area contributed by atoms with Crippen LogP contribution in [0.25, 0.3) is 0 Å². The summed E-state index contributed by atoms with van der Waals surface area (Å²) in [7, 11) is 0. The highest BCUT2D eigenvalue weighted by atomic mass is 32.1. The normalized spacial score (nSPS) is 16.2. The van der Waals surface area contributed by atoms with Crippen molar-refractivity contribution in [3.8, 4) is 0 Å². The molecule has 1 N–H and O–H groups in total. The standard InChI is InChI=1S/C17H17F3N2OS/c18-17(19,20)13-4-1-2-5-14(13)21-16(23)22-9-7-12(8-10-22)15-6-3-11-24-15/h1-6,11-12H,7-10H2,(H,21,23). The lowest BCUT2D eigenvalue weighted by molar-refractivity contribution is -0.136. The summed E-state index contributed by atoms with van der Waals surface area (Å²) in [6.45, 7) is 1.09. The van der Waals surface area contributed by atoms with Crippen LogP contribution >= 0.6 is 11.3 Å². The maximum absolute atomic E-state index is 13.0. The molecule has 0 aliphatic carbocycles. The van der Waals surface area contributed by atoms with Crippen LogP contribution < -0.4 is 5.32 Å².